The van der Waals surface area contributed by atoms with Crippen LogP contribution in [0.3, 0.4) is 0 Å². The van der Waals surface area contributed by atoms with Crippen LogP contribution in [0.15, 0.2) is 17.4 Å². The minimum Gasteiger partial charge on any atom is -0.409 e. The van der Waals surface area contributed by atoms with Gasteiger partial charge >= 0.3 is 0 Å². The lowest BCUT2D eigenvalue weighted by Crippen LogP contribution is -2.27. The predicted molar refractivity (Wildman–Crippen MR) is 69.8 cm³/mol. The summed E-state index contributed by atoms with van der Waals surface area (Å²) in [6.07, 6.45) is 5.19. The van der Waals surface area contributed by atoms with Gasteiger partial charge in [-0.3, -0.25) is 0 Å². The number of nitrogens with zero attached hydrogens (tertiary/aromatic N) is 4. The molecule has 1 saturated heterocycles. The molecule has 18 heavy (non-hydrogen) atoms. The molecule has 0 aromatic carbocycles. The molecule has 3 N–H and O–H groups in total. The summed E-state index contributed by atoms with van der Waals surface area (Å²) >= 11 is 0. The van der Waals surface area contributed by atoms with E-state index in [1.54, 1.807) is 12.3 Å². The smallest absolute Gasteiger partial charge is 0.225 e. The normalized spacial score (nSPS) is 21.7. The van der Waals surface area contributed by atoms with Gasteiger partial charge in [-0.25, -0.2) is 9.97 Å². The van der Waals surface area contributed by atoms with Crippen molar-refractivity contribution < 1.29 is 5.21 Å². The Kier molecular flexibility index (Phi) is 3.96. The summed E-state index contributed by atoms with van der Waals surface area (Å²) in [4.78, 5) is 10.8. The first-order valence-corrected chi connectivity index (χ1v) is 6.26. The average Bonchev–Trinajstić information content (AvgIpc) is 2.63. The van der Waals surface area contributed by atoms with E-state index in [9.17, 15) is 0 Å². The molecule has 1 aromatic rings. The number of nitrogens with two attached hydrogens (primary N) is 1. The Bertz CT molecular complexity index is 434. The van der Waals surface area contributed by atoms with Gasteiger partial charge in [0.25, 0.3) is 0 Å². The predicted octanol–water partition coefficient (Wildman–Crippen LogP) is 1.20. The third-order valence-electron chi connectivity index (χ3n) is 3.31. The van der Waals surface area contributed by atoms with Crippen LogP contribution >= 0.6 is 0 Å². The topological polar surface area (TPSA) is 87.6 Å². The van der Waals surface area contributed by atoms with Crippen molar-refractivity contribution in [3.05, 3.63) is 18.0 Å². The van der Waals surface area contributed by atoms with E-state index in [2.05, 4.69) is 26.9 Å². The number of hydrogen-bond acceptors (Lipinski definition) is 5. The summed E-state index contributed by atoms with van der Waals surface area (Å²) in [5, 5.41) is 11.6. The molecule has 1 aliphatic rings. The van der Waals surface area contributed by atoms with Crippen molar-refractivity contribution in [2.75, 3.05) is 18.0 Å². The van der Waals surface area contributed by atoms with Gasteiger partial charge in [0, 0.05) is 19.3 Å². The van der Waals surface area contributed by atoms with Crippen molar-refractivity contribution in [1.82, 2.24) is 9.97 Å². The highest BCUT2D eigenvalue weighted by Gasteiger charge is 2.16. The molecule has 0 radical (unpaired) electrons. The Labute approximate surface area is 107 Å². The Morgan fingerprint density at radius 1 is 1.50 bits per heavy atom. The molecule has 1 aliphatic heterocycles. The molecule has 0 bridgehead atoms. The summed E-state index contributed by atoms with van der Waals surface area (Å²) in [6.45, 7) is 4.20. The van der Waals surface area contributed by atoms with E-state index in [0.717, 1.165) is 31.8 Å². The van der Waals surface area contributed by atoms with Crippen LogP contribution in [-0.4, -0.2) is 34.1 Å². The van der Waals surface area contributed by atoms with Gasteiger partial charge in [0.2, 0.25) is 5.95 Å². The average molecular weight is 249 g/mol. The maximum absolute atomic E-state index is 8.66. The van der Waals surface area contributed by atoms with E-state index >= 15 is 0 Å². The number of rotatable bonds is 2. The maximum Gasteiger partial charge on any atom is 0.225 e. The van der Waals surface area contributed by atoms with Gasteiger partial charge in [-0.15, -0.1) is 0 Å². The number of anilines is 1. The zero-order valence-electron chi connectivity index (χ0n) is 10.6. The van der Waals surface area contributed by atoms with Crippen molar-refractivity contribution in [3.8, 4) is 0 Å². The molecule has 2 rings (SSSR count). The van der Waals surface area contributed by atoms with E-state index in [-0.39, 0.29) is 5.84 Å². The molecule has 1 aromatic heterocycles. The number of hydrogen-bond donors (Lipinski definition) is 2. The molecule has 1 atom stereocenters. The van der Waals surface area contributed by atoms with E-state index in [0.29, 0.717) is 11.6 Å². The van der Waals surface area contributed by atoms with E-state index < -0.39 is 0 Å². The minimum atomic E-state index is 0.0156. The first-order valence-electron chi connectivity index (χ1n) is 6.26. The summed E-state index contributed by atoms with van der Waals surface area (Å²) in [7, 11) is 0. The summed E-state index contributed by atoms with van der Waals surface area (Å²) in [5.74, 6) is 1.43. The molecule has 0 spiro atoms. The van der Waals surface area contributed by atoms with Crippen molar-refractivity contribution in [2.45, 2.75) is 26.2 Å². The molecule has 98 valence electrons. The Morgan fingerprint density at radius 3 is 3.11 bits per heavy atom. The molecule has 6 nitrogen and oxygen atoms in total. The van der Waals surface area contributed by atoms with Crippen LogP contribution in [0.4, 0.5) is 5.95 Å². The zero-order chi connectivity index (χ0) is 13.0. The van der Waals surface area contributed by atoms with Crippen molar-refractivity contribution in [3.63, 3.8) is 0 Å². The van der Waals surface area contributed by atoms with Crippen LogP contribution in [0.5, 0.6) is 0 Å². The fraction of sp³-hybridized carbons (Fsp3) is 0.583. The summed E-state index contributed by atoms with van der Waals surface area (Å²) in [6, 6.07) is 1.64. The first-order chi connectivity index (χ1) is 8.70. The van der Waals surface area contributed by atoms with Gasteiger partial charge in [-0.05, 0) is 31.2 Å². The van der Waals surface area contributed by atoms with Crippen LogP contribution in [0, 0.1) is 5.92 Å². The van der Waals surface area contributed by atoms with Crippen molar-refractivity contribution >= 4 is 11.8 Å². The number of oxime groups is 1. The second-order valence-corrected chi connectivity index (χ2v) is 4.75. The second kappa shape index (κ2) is 5.66. The van der Waals surface area contributed by atoms with E-state index in [4.69, 9.17) is 10.9 Å². The third kappa shape index (κ3) is 2.88. The maximum atomic E-state index is 8.66. The van der Waals surface area contributed by atoms with Crippen molar-refractivity contribution in [1.29, 1.82) is 0 Å². The fourth-order valence-corrected chi connectivity index (χ4v) is 2.16. The molecular formula is C12H19N5O. The van der Waals surface area contributed by atoms with Crippen LogP contribution in [-0.2, 0) is 0 Å². The Morgan fingerprint density at radius 2 is 2.33 bits per heavy atom. The lowest BCUT2D eigenvalue weighted by Gasteiger charge is -2.20. The van der Waals surface area contributed by atoms with Gasteiger partial charge < -0.3 is 15.8 Å². The number of aromatic nitrogens is 2. The third-order valence-corrected chi connectivity index (χ3v) is 3.31. The second-order valence-electron chi connectivity index (χ2n) is 4.75. The highest BCUT2D eigenvalue weighted by atomic mass is 16.4. The quantitative estimate of drug-likeness (QED) is 0.356. The van der Waals surface area contributed by atoms with Crippen LogP contribution in [0.25, 0.3) is 0 Å². The van der Waals surface area contributed by atoms with Crippen LogP contribution in [0.2, 0.25) is 0 Å². The van der Waals surface area contributed by atoms with E-state index in [1.807, 2.05) is 0 Å². The lowest BCUT2D eigenvalue weighted by molar-refractivity contribution is 0.318. The molecule has 0 amide bonds. The van der Waals surface area contributed by atoms with Gasteiger partial charge in [0.1, 0.15) is 5.69 Å². The molecule has 6 heteroatoms. The summed E-state index contributed by atoms with van der Waals surface area (Å²) < 4.78 is 0. The highest BCUT2D eigenvalue weighted by Crippen LogP contribution is 2.19. The highest BCUT2D eigenvalue weighted by molar-refractivity contribution is 5.95. The van der Waals surface area contributed by atoms with Gasteiger partial charge in [0.15, 0.2) is 5.84 Å². The lowest BCUT2D eigenvalue weighted by atomic mass is 10.0. The minimum absolute atomic E-state index is 0.0156. The van der Waals surface area contributed by atoms with Crippen LogP contribution < -0.4 is 10.6 Å². The standard InChI is InChI=1S/C12H19N5O/c1-9-3-2-7-17(8-5-9)12-14-6-4-10(15-12)11(13)16-18/h4,6,9,18H,2-3,5,7-8H2,1H3,(H2,13,16). The van der Waals surface area contributed by atoms with Crippen molar-refractivity contribution in [2.24, 2.45) is 16.8 Å². The number of amidine groups is 1. The van der Waals surface area contributed by atoms with E-state index in [1.165, 1.54) is 6.42 Å². The SMILES string of the molecule is CC1CCCN(c2nccc(/C(N)=N/O)n2)CC1. The molecule has 2 heterocycles. The monoisotopic (exact) mass is 249 g/mol. The van der Waals surface area contributed by atoms with Gasteiger partial charge in [-0.2, -0.15) is 0 Å². The zero-order valence-corrected chi connectivity index (χ0v) is 10.6. The first kappa shape index (κ1) is 12.6. The summed E-state index contributed by atoms with van der Waals surface area (Å²) in [5.41, 5.74) is 5.99. The Balaban J connectivity index is 2.17. The molecular weight excluding hydrogens is 230 g/mol. The van der Waals surface area contributed by atoms with Gasteiger partial charge in [0.05, 0.1) is 0 Å². The Hall–Kier alpha value is -1.85. The van der Waals surface area contributed by atoms with Crippen LogP contribution in [0.1, 0.15) is 31.9 Å². The fourth-order valence-electron chi connectivity index (χ4n) is 2.16. The van der Waals surface area contributed by atoms with Gasteiger partial charge in [-0.1, -0.05) is 12.1 Å². The molecule has 0 aliphatic carbocycles. The molecule has 1 unspecified atom stereocenters. The molecule has 0 saturated carbocycles. The largest absolute Gasteiger partial charge is 0.409 e. The molecule has 1 fully saturated rings.